The largest absolute Gasteiger partial charge is 0.508 e. The maximum absolute atomic E-state index is 9.99. The van der Waals surface area contributed by atoms with E-state index in [0.29, 0.717) is 30.4 Å². The molecule has 0 aliphatic carbocycles. The lowest BCUT2D eigenvalue weighted by Gasteiger charge is -2.15. The summed E-state index contributed by atoms with van der Waals surface area (Å²) in [5.41, 5.74) is 1.95. The van der Waals surface area contributed by atoms with Crippen LogP contribution in [0.25, 0.3) is 0 Å². The van der Waals surface area contributed by atoms with E-state index in [9.17, 15) is 5.11 Å². The van der Waals surface area contributed by atoms with Gasteiger partial charge in [0.15, 0.2) is 5.96 Å². The summed E-state index contributed by atoms with van der Waals surface area (Å²) in [6.45, 7) is 3.78. The molecule has 1 heterocycles. The van der Waals surface area contributed by atoms with Crippen molar-refractivity contribution >= 4 is 29.9 Å². The first kappa shape index (κ1) is 21.1. The summed E-state index contributed by atoms with van der Waals surface area (Å²) in [7, 11) is 1.60. The number of hydrogen-bond acceptors (Lipinski definition) is 4. The van der Waals surface area contributed by atoms with E-state index in [1.54, 1.807) is 25.3 Å². The van der Waals surface area contributed by atoms with Crippen LogP contribution in [0.2, 0.25) is 0 Å². The number of hydrogen-bond donors (Lipinski definition) is 3. The first-order chi connectivity index (χ1) is 12.7. The zero-order valence-electron chi connectivity index (χ0n) is 15.6. The second kappa shape index (κ2) is 10.2. The minimum Gasteiger partial charge on any atom is -0.508 e. The van der Waals surface area contributed by atoms with Crippen molar-refractivity contribution in [2.24, 2.45) is 4.99 Å². The van der Waals surface area contributed by atoms with Crippen LogP contribution in [0.4, 0.5) is 0 Å². The van der Waals surface area contributed by atoms with Gasteiger partial charge < -0.3 is 25.2 Å². The van der Waals surface area contributed by atoms with Crippen LogP contribution in [0.15, 0.2) is 47.5 Å². The van der Waals surface area contributed by atoms with Crippen LogP contribution in [0.3, 0.4) is 0 Å². The zero-order valence-corrected chi connectivity index (χ0v) is 17.9. The van der Waals surface area contributed by atoms with Crippen molar-refractivity contribution in [3.05, 3.63) is 53.6 Å². The maximum atomic E-state index is 9.99. The number of methoxy groups -OCH3 is 1. The summed E-state index contributed by atoms with van der Waals surface area (Å²) in [6.07, 6.45) is 0.973. The molecule has 0 bridgehead atoms. The van der Waals surface area contributed by atoms with Crippen molar-refractivity contribution in [1.82, 2.24) is 10.6 Å². The van der Waals surface area contributed by atoms with Gasteiger partial charge in [0.1, 0.15) is 23.4 Å². The number of aliphatic imine (C=N–C) groups is 1. The summed E-state index contributed by atoms with van der Waals surface area (Å²) in [5, 5.41) is 16.5. The molecule has 3 rings (SSSR count). The Morgan fingerprint density at radius 3 is 2.81 bits per heavy atom. The summed E-state index contributed by atoms with van der Waals surface area (Å²) < 4.78 is 11.1. The molecule has 0 saturated carbocycles. The molecule has 1 aliphatic rings. The minimum absolute atomic E-state index is 0. The number of rotatable bonds is 6. The molecule has 0 radical (unpaired) electrons. The molecule has 146 valence electrons. The van der Waals surface area contributed by atoms with Gasteiger partial charge in [0.2, 0.25) is 0 Å². The van der Waals surface area contributed by atoms with Crippen LogP contribution < -0.4 is 20.1 Å². The average molecular weight is 483 g/mol. The zero-order chi connectivity index (χ0) is 18.4. The van der Waals surface area contributed by atoms with Crippen molar-refractivity contribution in [2.75, 3.05) is 20.2 Å². The summed E-state index contributed by atoms with van der Waals surface area (Å²) in [6, 6.07) is 13.2. The number of halogens is 1. The van der Waals surface area contributed by atoms with Crippen LogP contribution in [0.1, 0.15) is 18.1 Å². The van der Waals surface area contributed by atoms with Crippen molar-refractivity contribution in [3.63, 3.8) is 0 Å². The molecule has 7 heteroatoms. The summed E-state index contributed by atoms with van der Waals surface area (Å²) in [5.74, 6) is 2.56. The molecular weight excluding hydrogens is 457 g/mol. The van der Waals surface area contributed by atoms with E-state index >= 15 is 0 Å². The number of nitrogens with one attached hydrogen (secondary N) is 2. The molecular formula is C20H26IN3O3. The van der Waals surface area contributed by atoms with E-state index in [1.165, 1.54) is 5.56 Å². The average Bonchev–Trinajstić information content (AvgIpc) is 3.08. The number of aromatic hydroxyl groups is 1. The van der Waals surface area contributed by atoms with Crippen molar-refractivity contribution in [2.45, 2.75) is 26.0 Å². The van der Waals surface area contributed by atoms with Gasteiger partial charge >= 0.3 is 0 Å². The van der Waals surface area contributed by atoms with Crippen molar-refractivity contribution in [3.8, 4) is 17.2 Å². The second-order valence-electron chi connectivity index (χ2n) is 6.12. The van der Waals surface area contributed by atoms with Crippen molar-refractivity contribution in [1.29, 1.82) is 0 Å². The Hall–Kier alpha value is -2.16. The molecule has 1 aliphatic heterocycles. The lowest BCUT2D eigenvalue weighted by Crippen LogP contribution is -2.42. The number of guanidine groups is 1. The van der Waals surface area contributed by atoms with Crippen LogP contribution in [-0.2, 0) is 13.0 Å². The highest BCUT2D eigenvalue weighted by atomic mass is 127. The monoisotopic (exact) mass is 483 g/mol. The van der Waals surface area contributed by atoms with E-state index in [4.69, 9.17) is 9.47 Å². The molecule has 2 aromatic carbocycles. The quantitative estimate of drug-likeness (QED) is 0.335. The van der Waals surface area contributed by atoms with E-state index in [-0.39, 0.29) is 35.8 Å². The summed E-state index contributed by atoms with van der Waals surface area (Å²) >= 11 is 0. The molecule has 0 fully saturated rings. The fourth-order valence-corrected chi connectivity index (χ4v) is 2.90. The lowest BCUT2D eigenvalue weighted by atomic mass is 10.1. The standard InChI is InChI=1S/C20H25N3O3.HI/c1-3-21-20(22-12-15-11-16(25-2)8-9-18(15)24)23-13-17-10-14-6-4-5-7-19(14)26-17;/h4-9,11,17,24H,3,10,12-13H2,1-2H3,(H2,21,22,23);1H. The Morgan fingerprint density at radius 2 is 2.07 bits per heavy atom. The van der Waals surface area contributed by atoms with E-state index in [2.05, 4.69) is 21.7 Å². The third-order valence-corrected chi connectivity index (χ3v) is 4.25. The SMILES string of the molecule is CCNC(=NCc1cc(OC)ccc1O)NCC1Cc2ccccc2O1.I. The van der Waals surface area contributed by atoms with Gasteiger partial charge in [-0.25, -0.2) is 4.99 Å². The number of benzene rings is 2. The minimum atomic E-state index is 0. The van der Waals surface area contributed by atoms with Gasteiger partial charge in [-0.1, -0.05) is 18.2 Å². The number of para-hydroxylation sites is 1. The van der Waals surface area contributed by atoms with Gasteiger partial charge in [-0.15, -0.1) is 24.0 Å². The molecule has 6 nitrogen and oxygen atoms in total. The van der Waals surface area contributed by atoms with Gasteiger partial charge in [-0.05, 0) is 36.8 Å². The normalized spacial score (nSPS) is 15.3. The number of nitrogens with zero attached hydrogens (tertiary/aromatic N) is 1. The van der Waals surface area contributed by atoms with Gasteiger partial charge in [0.25, 0.3) is 0 Å². The second-order valence-corrected chi connectivity index (χ2v) is 6.12. The molecule has 3 N–H and O–H groups in total. The Kier molecular flexibility index (Phi) is 8.02. The number of fused-ring (bicyclic) bond motifs is 1. The molecule has 27 heavy (non-hydrogen) atoms. The van der Waals surface area contributed by atoms with E-state index in [0.717, 1.165) is 18.7 Å². The van der Waals surface area contributed by atoms with Crippen molar-refractivity contribution < 1.29 is 14.6 Å². The molecule has 0 amide bonds. The first-order valence-electron chi connectivity index (χ1n) is 8.82. The highest BCUT2D eigenvalue weighted by molar-refractivity contribution is 14.0. The maximum Gasteiger partial charge on any atom is 0.191 e. The third kappa shape index (κ3) is 5.66. The van der Waals surface area contributed by atoms with Crippen LogP contribution >= 0.6 is 24.0 Å². The van der Waals surface area contributed by atoms with Gasteiger partial charge in [0.05, 0.1) is 20.2 Å². The first-order valence-corrected chi connectivity index (χ1v) is 8.82. The highest BCUT2D eigenvalue weighted by Gasteiger charge is 2.22. The predicted octanol–water partition coefficient (Wildman–Crippen LogP) is 3.08. The smallest absolute Gasteiger partial charge is 0.191 e. The molecule has 2 aromatic rings. The van der Waals surface area contributed by atoms with Gasteiger partial charge in [-0.3, -0.25) is 0 Å². The number of ether oxygens (including phenoxy) is 2. The van der Waals surface area contributed by atoms with Gasteiger partial charge in [0, 0.05) is 18.5 Å². The van der Waals surface area contributed by atoms with Gasteiger partial charge in [-0.2, -0.15) is 0 Å². The van der Waals surface area contributed by atoms with E-state index < -0.39 is 0 Å². The Labute approximate surface area is 177 Å². The third-order valence-electron chi connectivity index (χ3n) is 4.25. The fraction of sp³-hybridized carbons (Fsp3) is 0.350. The van der Waals surface area contributed by atoms with Crippen LogP contribution in [-0.4, -0.2) is 37.4 Å². The predicted molar refractivity (Wildman–Crippen MR) is 117 cm³/mol. The van der Waals surface area contributed by atoms with E-state index in [1.807, 2.05) is 25.1 Å². The molecule has 0 saturated heterocycles. The number of phenolic OH excluding ortho intramolecular Hbond substituents is 1. The summed E-state index contributed by atoms with van der Waals surface area (Å²) in [4.78, 5) is 4.55. The molecule has 1 atom stereocenters. The molecule has 0 spiro atoms. The Morgan fingerprint density at radius 1 is 1.26 bits per heavy atom. The molecule has 0 aromatic heterocycles. The molecule has 1 unspecified atom stereocenters. The van der Waals surface area contributed by atoms with Crippen LogP contribution in [0, 0.1) is 0 Å². The number of phenols is 1. The fourth-order valence-electron chi connectivity index (χ4n) is 2.90. The van der Waals surface area contributed by atoms with Crippen LogP contribution in [0.5, 0.6) is 17.2 Å². The Bertz CT molecular complexity index is 758. The Balaban J connectivity index is 0.00000261. The topological polar surface area (TPSA) is 75.1 Å². The lowest BCUT2D eigenvalue weighted by molar-refractivity contribution is 0.235. The highest BCUT2D eigenvalue weighted by Crippen LogP contribution is 2.27.